The summed E-state index contributed by atoms with van der Waals surface area (Å²) in [6.45, 7) is 0.442. The Kier molecular flexibility index (Phi) is 12.0. The van der Waals surface area contributed by atoms with Crippen LogP contribution in [0.1, 0.15) is 31.1 Å². The second-order valence-electron chi connectivity index (χ2n) is 10.6. The van der Waals surface area contributed by atoms with Gasteiger partial charge in [0.25, 0.3) is 11.6 Å². The number of carbonyl (C=O) groups is 3. The van der Waals surface area contributed by atoms with Gasteiger partial charge in [0, 0.05) is 23.4 Å². The number of azo groups is 1. The second kappa shape index (κ2) is 17.1. The Morgan fingerprint density at radius 1 is 0.680 bits per heavy atom. The normalized spacial score (nSPS) is 10.7. The van der Waals surface area contributed by atoms with Crippen LogP contribution in [0.15, 0.2) is 138 Å². The van der Waals surface area contributed by atoms with E-state index in [-0.39, 0.29) is 54.1 Å². The average Bonchev–Trinajstić information content (AvgIpc) is 3.15. The van der Waals surface area contributed by atoms with Crippen LogP contribution in [-0.4, -0.2) is 49.1 Å². The van der Waals surface area contributed by atoms with Gasteiger partial charge in [-0.1, -0.05) is 66.2 Å². The van der Waals surface area contributed by atoms with Crippen LogP contribution < -0.4 is 10.2 Å². The monoisotopic (exact) mass is 691 g/mol. The molecule has 1 N–H and O–H groups in total. The van der Waals surface area contributed by atoms with Gasteiger partial charge in [-0.3, -0.25) is 14.9 Å². The fourth-order valence-corrected chi connectivity index (χ4v) is 4.89. The number of halogens is 1. The van der Waals surface area contributed by atoms with E-state index in [0.717, 1.165) is 0 Å². The van der Waals surface area contributed by atoms with E-state index in [4.69, 9.17) is 21.1 Å². The first kappa shape index (κ1) is 34.9. The molecule has 12 nitrogen and oxygen atoms in total. The van der Waals surface area contributed by atoms with Gasteiger partial charge in [-0.2, -0.15) is 0 Å². The number of nitrogens with zero attached hydrogens (tertiary/aromatic N) is 4. The zero-order valence-corrected chi connectivity index (χ0v) is 27.2. The van der Waals surface area contributed by atoms with Gasteiger partial charge in [-0.05, 0) is 60.7 Å². The first-order valence-electron chi connectivity index (χ1n) is 15.3. The quantitative estimate of drug-likeness (QED) is 0.0527. The summed E-state index contributed by atoms with van der Waals surface area (Å²) in [4.78, 5) is 50.9. The summed E-state index contributed by atoms with van der Waals surface area (Å²) in [6, 6.07) is 34.6. The van der Waals surface area contributed by atoms with E-state index in [0.29, 0.717) is 22.4 Å². The average molecular weight is 692 g/mol. The summed E-state index contributed by atoms with van der Waals surface area (Å²) < 4.78 is 11.1. The van der Waals surface area contributed by atoms with Crippen LogP contribution >= 0.6 is 11.6 Å². The van der Waals surface area contributed by atoms with Crippen molar-refractivity contribution in [3.8, 4) is 0 Å². The van der Waals surface area contributed by atoms with Gasteiger partial charge >= 0.3 is 11.9 Å². The minimum atomic E-state index is -0.570. The SMILES string of the molecule is O=C(Nc1cc(N(CCOC(=O)c2ccccc2)CCOC(=O)c2ccccc2)ccc1N=Nc1ccc([N+](=O)[O-])cc1Cl)c1ccccc1. The van der Waals surface area contributed by atoms with Crippen LogP contribution in [0.5, 0.6) is 0 Å². The van der Waals surface area contributed by atoms with E-state index in [1.54, 1.807) is 109 Å². The van der Waals surface area contributed by atoms with Gasteiger partial charge in [0.15, 0.2) is 0 Å². The smallest absolute Gasteiger partial charge is 0.338 e. The largest absolute Gasteiger partial charge is 0.460 e. The molecule has 5 aromatic carbocycles. The molecule has 0 fully saturated rings. The van der Waals surface area contributed by atoms with Crippen LogP contribution in [0, 0.1) is 10.1 Å². The van der Waals surface area contributed by atoms with Crippen LogP contribution in [0.2, 0.25) is 5.02 Å². The number of esters is 2. The highest BCUT2D eigenvalue weighted by molar-refractivity contribution is 6.33. The van der Waals surface area contributed by atoms with Crippen molar-refractivity contribution in [1.82, 2.24) is 0 Å². The molecule has 0 aliphatic rings. The van der Waals surface area contributed by atoms with Gasteiger partial charge in [0.05, 0.1) is 39.8 Å². The maximum Gasteiger partial charge on any atom is 0.338 e. The molecule has 50 heavy (non-hydrogen) atoms. The molecule has 0 atom stereocenters. The van der Waals surface area contributed by atoms with Crippen molar-refractivity contribution < 1.29 is 28.8 Å². The molecule has 13 heteroatoms. The lowest BCUT2D eigenvalue weighted by Gasteiger charge is -2.25. The van der Waals surface area contributed by atoms with Crippen molar-refractivity contribution in [2.24, 2.45) is 10.2 Å². The third-order valence-electron chi connectivity index (χ3n) is 7.24. The molecule has 5 aromatic rings. The number of carbonyl (C=O) groups excluding carboxylic acids is 3. The molecule has 0 unspecified atom stereocenters. The Labute approximate surface area is 292 Å². The number of nitro groups is 1. The van der Waals surface area contributed by atoms with Crippen molar-refractivity contribution >= 4 is 57.9 Å². The minimum Gasteiger partial charge on any atom is -0.460 e. The number of amides is 1. The Hall–Kier alpha value is -6.40. The standard InChI is InChI=1S/C37H30ClN5O7/c38-31-24-30(43(47)48)17-18-32(31)40-41-33-19-16-29(25-34(33)39-35(44)26-10-4-1-5-11-26)42(20-22-49-36(45)27-12-6-2-7-13-27)21-23-50-37(46)28-14-8-3-9-15-28/h1-19,24-25H,20-23H2,(H,39,44). The van der Waals surface area contributed by atoms with E-state index >= 15 is 0 Å². The fourth-order valence-electron chi connectivity index (χ4n) is 4.67. The maximum atomic E-state index is 13.2. The minimum absolute atomic E-state index is 0.00612. The lowest BCUT2D eigenvalue weighted by Crippen LogP contribution is -2.32. The van der Waals surface area contributed by atoms with Crippen LogP contribution in [-0.2, 0) is 9.47 Å². The van der Waals surface area contributed by atoms with Gasteiger partial charge in [-0.25, -0.2) is 9.59 Å². The van der Waals surface area contributed by atoms with E-state index in [1.165, 1.54) is 18.2 Å². The summed E-state index contributed by atoms with van der Waals surface area (Å²) in [5.41, 5.74) is 2.34. The molecule has 0 bridgehead atoms. The predicted molar refractivity (Wildman–Crippen MR) is 189 cm³/mol. The first-order valence-corrected chi connectivity index (χ1v) is 15.7. The highest BCUT2D eigenvalue weighted by Gasteiger charge is 2.17. The zero-order valence-electron chi connectivity index (χ0n) is 26.5. The predicted octanol–water partition coefficient (Wildman–Crippen LogP) is 8.44. The fraction of sp³-hybridized carbons (Fsp3) is 0.108. The number of ether oxygens (including phenoxy) is 2. The Bertz CT molecular complexity index is 1940. The third kappa shape index (κ3) is 9.58. The summed E-state index contributed by atoms with van der Waals surface area (Å²) >= 11 is 6.22. The molecule has 5 rings (SSSR count). The van der Waals surface area contributed by atoms with Crippen molar-refractivity contribution in [1.29, 1.82) is 0 Å². The Balaban J connectivity index is 1.41. The van der Waals surface area contributed by atoms with Gasteiger partial charge in [0.1, 0.15) is 24.6 Å². The van der Waals surface area contributed by atoms with Gasteiger partial charge < -0.3 is 19.7 Å². The van der Waals surface area contributed by atoms with Gasteiger partial charge in [0.2, 0.25) is 0 Å². The van der Waals surface area contributed by atoms with E-state index in [1.807, 2.05) is 4.90 Å². The molecule has 0 aliphatic carbocycles. The lowest BCUT2D eigenvalue weighted by molar-refractivity contribution is -0.384. The highest BCUT2D eigenvalue weighted by atomic mass is 35.5. The Morgan fingerprint density at radius 2 is 1.18 bits per heavy atom. The number of hydrogen-bond acceptors (Lipinski definition) is 10. The molecule has 1 amide bonds. The molecule has 0 spiro atoms. The van der Waals surface area contributed by atoms with Crippen LogP contribution in [0.3, 0.4) is 0 Å². The molecule has 0 saturated heterocycles. The van der Waals surface area contributed by atoms with Crippen molar-refractivity contribution in [3.63, 3.8) is 0 Å². The number of anilines is 2. The van der Waals surface area contributed by atoms with E-state index in [9.17, 15) is 24.5 Å². The maximum absolute atomic E-state index is 13.2. The van der Waals surface area contributed by atoms with Gasteiger partial charge in [-0.15, -0.1) is 10.2 Å². The summed E-state index contributed by atoms with van der Waals surface area (Å²) in [5, 5.41) is 22.5. The van der Waals surface area contributed by atoms with E-state index in [2.05, 4.69) is 15.5 Å². The molecule has 0 radical (unpaired) electrons. The van der Waals surface area contributed by atoms with Crippen molar-refractivity contribution in [3.05, 3.63) is 159 Å². The highest BCUT2D eigenvalue weighted by Crippen LogP contribution is 2.35. The van der Waals surface area contributed by atoms with Crippen molar-refractivity contribution in [2.75, 3.05) is 36.5 Å². The molecule has 0 saturated carbocycles. The lowest BCUT2D eigenvalue weighted by atomic mass is 10.2. The summed E-state index contributed by atoms with van der Waals surface area (Å²) in [5.74, 6) is -1.39. The van der Waals surface area contributed by atoms with Crippen LogP contribution in [0.25, 0.3) is 0 Å². The summed E-state index contributed by atoms with van der Waals surface area (Å²) in [6.07, 6.45) is 0. The number of nitrogens with one attached hydrogen (secondary N) is 1. The third-order valence-corrected chi connectivity index (χ3v) is 7.55. The molecule has 0 aliphatic heterocycles. The molecule has 0 heterocycles. The summed E-state index contributed by atoms with van der Waals surface area (Å²) in [7, 11) is 0. The van der Waals surface area contributed by atoms with Crippen LogP contribution in [0.4, 0.5) is 28.4 Å². The Morgan fingerprint density at radius 3 is 1.70 bits per heavy atom. The number of benzene rings is 5. The second-order valence-corrected chi connectivity index (χ2v) is 11.0. The number of hydrogen-bond donors (Lipinski definition) is 1. The number of non-ortho nitro benzene ring substituents is 1. The van der Waals surface area contributed by atoms with Crippen molar-refractivity contribution in [2.45, 2.75) is 0 Å². The first-order chi connectivity index (χ1) is 24.3. The molecule has 0 aromatic heterocycles. The number of nitro benzene ring substituents is 1. The molecular weight excluding hydrogens is 662 g/mol. The zero-order chi connectivity index (χ0) is 35.3. The molecule has 252 valence electrons. The topological polar surface area (TPSA) is 153 Å². The molecular formula is C37H30ClN5O7. The number of rotatable bonds is 14. The van der Waals surface area contributed by atoms with E-state index < -0.39 is 22.8 Å².